The van der Waals surface area contributed by atoms with E-state index in [1.807, 2.05) is 12.1 Å². The molecule has 0 bridgehead atoms. The molecule has 0 atom stereocenters. The molecule has 1 N–H and O–H groups in total. The van der Waals surface area contributed by atoms with Crippen LogP contribution in [0.3, 0.4) is 0 Å². The van der Waals surface area contributed by atoms with E-state index < -0.39 is 0 Å². The molecule has 0 saturated heterocycles. The van der Waals surface area contributed by atoms with Gasteiger partial charge in [0.15, 0.2) is 5.13 Å². The Morgan fingerprint density at radius 3 is 2.79 bits per heavy atom. The van der Waals surface area contributed by atoms with Gasteiger partial charge in [0, 0.05) is 34.3 Å². The zero-order valence-electron chi connectivity index (χ0n) is 10.0. The molecule has 0 saturated carbocycles. The first-order valence-electron chi connectivity index (χ1n) is 5.72. The molecule has 1 aromatic carbocycles. The Kier molecular flexibility index (Phi) is 5.36. The molecular weight excluding hydrogens is 348 g/mol. The van der Waals surface area contributed by atoms with Crippen molar-refractivity contribution in [2.24, 2.45) is 0 Å². The number of nitrogens with zero attached hydrogens (tertiary/aromatic N) is 1. The summed E-state index contributed by atoms with van der Waals surface area (Å²) in [5.74, 6) is 0.225. The van der Waals surface area contributed by atoms with Crippen LogP contribution in [0.1, 0.15) is 16.9 Å². The van der Waals surface area contributed by atoms with Gasteiger partial charge >= 0.3 is 0 Å². The maximum Gasteiger partial charge on any atom is 0.227 e. The normalized spacial score (nSPS) is 10.4. The van der Waals surface area contributed by atoms with Gasteiger partial charge in [0.1, 0.15) is 0 Å². The largest absolute Gasteiger partial charge is 0.302 e. The molecule has 2 rings (SSSR count). The molecule has 19 heavy (non-hydrogen) atoms. The molecule has 2 aromatic rings. The second kappa shape index (κ2) is 7.03. The van der Waals surface area contributed by atoms with E-state index in [0.717, 1.165) is 15.8 Å². The number of anilines is 1. The zero-order valence-corrected chi connectivity index (χ0v) is 13.2. The smallest absolute Gasteiger partial charge is 0.227 e. The van der Waals surface area contributed by atoms with Gasteiger partial charge in [0.25, 0.3) is 0 Å². The number of thiazole rings is 1. The number of halogens is 2. The number of alkyl halides is 1. The molecule has 0 unspecified atom stereocenters. The summed E-state index contributed by atoms with van der Waals surface area (Å²) >= 11 is 10.4. The van der Waals surface area contributed by atoms with E-state index in [0.29, 0.717) is 17.4 Å². The van der Waals surface area contributed by atoms with Crippen molar-refractivity contribution in [3.8, 4) is 0 Å². The van der Waals surface area contributed by atoms with Crippen molar-refractivity contribution >= 4 is 49.9 Å². The second-order valence-corrected chi connectivity index (χ2v) is 6.33. The Morgan fingerprint density at radius 2 is 2.11 bits per heavy atom. The van der Waals surface area contributed by atoms with Gasteiger partial charge in [0.05, 0.1) is 0 Å². The first kappa shape index (κ1) is 14.5. The highest BCUT2D eigenvalue weighted by atomic mass is 79.9. The molecule has 0 aliphatic rings. The fourth-order valence-corrected chi connectivity index (χ4v) is 2.82. The van der Waals surface area contributed by atoms with Gasteiger partial charge in [-0.1, -0.05) is 28.1 Å². The number of carbonyl (C=O) groups is 1. The Morgan fingerprint density at radius 1 is 1.37 bits per heavy atom. The number of hydrogen-bond donors (Lipinski definition) is 1. The Bertz CT molecular complexity index is 556. The van der Waals surface area contributed by atoms with E-state index in [9.17, 15) is 4.79 Å². The monoisotopic (exact) mass is 358 g/mol. The summed E-state index contributed by atoms with van der Waals surface area (Å²) < 4.78 is 1.06. The van der Waals surface area contributed by atoms with Gasteiger partial charge in [0.2, 0.25) is 5.91 Å². The van der Waals surface area contributed by atoms with Crippen LogP contribution < -0.4 is 5.32 Å². The van der Waals surface area contributed by atoms with E-state index in [1.54, 1.807) is 6.20 Å². The lowest BCUT2D eigenvalue weighted by Gasteiger charge is -1.99. The maximum absolute atomic E-state index is 11.4. The fourth-order valence-electron chi connectivity index (χ4n) is 1.52. The average molecular weight is 360 g/mol. The van der Waals surface area contributed by atoms with Crippen LogP contribution in [0.4, 0.5) is 5.13 Å². The van der Waals surface area contributed by atoms with Crippen molar-refractivity contribution in [1.29, 1.82) is 0 Å². The molecule has 0 fully saturated rings. The SMILES string of the molecule is O=C(CCCl)Nc1ncc(Cc2ccc(Br)cc2)s1. The predicted molar refractivity (Wildman–Crippen MR) is 83.0 cm³/mol. The van der Waals surface area contributed by atoms with Crippen molar-refractivity contribution in [1.82, 2.24) is 4.98 Å². The molecule has 100 valence electrons. The maximum atomic E-state index is 11.4. The van der Waals surface area contributed by atoms with Crippen LogP contribution in [0.15, 0.2) is 34.9 Å². The number of hydrogen-bond acceptors (Lipinski definition) is 3. The topological polar surface area (TPSA) is 42.0 Å². The molecule has 0 aliphatic carbocycles. The summed E-state index contributed by atoms with van der Waals surface area (Å²) in [6, 6.07) is 8.16. The molecule has 6 heteroatoms. The fraction of sp³-hybridized carbons (Fsp3) is 0.231. The van der Waals surface area contributed by atoms with Crippen LogP contribution in [-0.2, 0) is 11.2 Å². The minimum atomic E-state index is -0.0976. The van der Waals surface area contributed by atoms with E-state index in [-0.39, 0.29) is 5.91 Å². The summed E-state index contributed by atoms with van der Waals surface area (Å²) in [5, 5.41) is 3.36. The number of nitrogens with one attached hydrogen (secondary N) is 1. The number of carbonyl (C=O) groups excluding carboxylic acids is 1. The van der Waals surface area contributed by atoms with E-state index in [1.165, 1.54) is 16.9 Å². The zero-order chi connectivity index (χ0) is 13.7. The summed E-state index contributed by atoms with van der Waals surface area (Å²) in [4.78, 5) is 16.7. The first-order chi connectivity index (χ1) is 9.17. The van der Waals surface area contributed by atoms with E-state index in [4.69, 9.17) is 11.6 Å². The van der Waals surface area contributed by atoms with E-state index >= 15 is 0 Å². The Hall–Kier alpha value is -0.910. The van der Waals surface area contributed by atoms with Gasteiger partial charge in [-0.3, -0.25) is 4.79 Å². The third kappa shape index (κ3) is 4.60. The molecule has 0 spiro atoms. The lowest BCUT2D eigenvalue weighted by Crippen LogP contribution is -2.11. The van der Waals surface area contributed by atoms with Gasteiger partial charge in [-0.2, -0.15) is 0 Å². The summed E-state index contributed by atoms with van der Waals surface area (Å²) in [6.07, 6.45) is 2.92. The van der Waals surface area contributed by atoms with Gasteiger partial charge in [-0.25, -0.2) is 4.98 Å². The highest BCUT2D eigenvalue weighted by Crippen LogP contribution is 2.22. The van der Waals surface area contributed by atoms with Gasteiger partial charge < -0.3 is 5.32 Å². The number of amides is 1. The van der Waals surface area contributed by atoms with Crippen LogP contribution in [0.2, 0.25) is 0 Å². The molecule has 1 aromatic heterocycles. The Balaban J connectivity index is 1.97. The van der Waals surface area contributed by atoms with Crippen molar-refractivity contribution in [2.75, 3.05) is 11.2 Å². The summed E-state index contributed by atoms with van der Waals surface area (Å²) in [6.45, 7) is 0. The minimum absolute atomic E-state index is 0.0976. The highest BCUT2D eigenvalue weighted by Gasteiger charge is 2.06. The van der Waals surface area contributed by atoms with Crippen LogP contribution >= 0.6 is 38.9 Å². The molecule has 3 nitrogen and oxygen atoms in total. The van der Waals surface area contributed by atoms with E-state index in [2.05, 4.69) is 38.4 Å². The quantitative estimate of drug-likeness (QED) is 0.818. The van der Waals surface area contributed by atoms with Crippen molar-refractivity contribution in [3.63, 3.8) is 0 Å². The van der Waals surface area contributed by atoms with Crippen molar-refractivity contribution < 1.29 is 4.79 Å². The standard InChI is InChI=1S/C13H12BrClN2OS/c14-10-3-1-9(2-4-10)7-11-8-16-13(19-11)17-12(18)5-6-15/h1-4,8H,5-7H2,(H,16,17,18). The van der Waals surface area contributed by atoms with Crippen LogP contribution in [0.25, 0.3) is 0 Å². The predicted octanol–water partition coefficient (Wildman–Crippen LogP) is 4.06. The molecular formula is C13H12BrClN2OS. The van der Waals surface area contributed by atoms with Gasteiger partial charge in [-0.15, -0.1) is 22.9 Å². The Labute approximate surface area is 129 Å². The number of benzene rings is 1. The molecule has 1 heterocycles. The number of aromatic nitrogens is 1. The van der Waals surface area contributed by atoms with Crippen LogP contribution in [0.5, 0.6) is 0 Å². The third-order valence-electron chi connectivity index (χ3n) is 2.41. The van der Waals surface area contributed by atoms with Crippen LogP contribution in [-0.4, -0.2) is 16.8 Å². The number of rotatable bonds is 5. The second-order valence-electron chi connectivity index (χ2n) is 3.92. The summed E-state index contributed by atoms with van der Waals surface area (Å²) in [5.41, 5.74) is 1.21. The molecule has 0 radical (unpaired) electrons. The third-order valence-corrected chi connectivity index (χ3v) is 4.04. The van der Waals surface area contributed by atoms with Crippen LogP contribution in [0, 0.1) is 0 Å². The highest BCUT2D eigenvalue weighted by molar-refractivity contribution is 9.10. The lowest BCUT2D eigenvalue weighted by atomic mass is 10.1. The lowest BCUT2D eigenvalue weighted by molar-refractivity contribution is -0.115. The van der Waals surface area contributed by atoms with Crippen molar-refractivity contribution in [2.45, 2.75) is 12.8 Å². The summed E-state index contributed by atoms with van der Waals surface area (Å²) in [7, 11) is 0. The molecule has 0 aliphatic heterocycles. The molecule has 1 amide bonds. The van der Waals surface area contributed by atoms with Crippen molar-refractivity contribution in [3.05, 3.63) is 45.4 Å². The van der Waals surface area contributed by atoms with Gasteiger partial charge in [-0.05, 0) is 17.7 Å². The first-order valence-corrected chi connectivity index (χ1v) is 7.87. The average Bonchev–Trinajstić information content (AvgIpc) is 2.80. The minimum Gasteiger partial charge on any atom is -0.302 e.